The van der Waals surface area contributed by atoms with Gasteiger partial charge in [-0.1, -0.05) is 18.2 Å². The van der Waals surface area contributed by atoms with Crippen LogP contribution in [0.5, 0.6) is 5.75 Å². The van der Waals surface area contributed by atoms with Gasteiger partial charge < -0.3 is 10.2 Å². The number of allylic oxidation sites excluding steroid dienone is 3. The summed E-state index contributed by atoms with van der Waals surface area (Å²) in [5.74, 6) is -0.617. The minimum absolute atomic E-state index is 0.0560. The van der Waals surface area contributed by atoms with Gasteiger partial charge in [-0.25, -0.2) is 0 Å². The monoisotopic (exact) mass is 204 g/mol. The van der Waals surface area contributed by atoms with E-state index in [1.54, 1.807) is 25.1 Å². The van der Waals surface area contributed by atoms with Gasteiger partial charge in [0.2, 0.25) is 0 Å². The van der Waals surface area contributed by atoms with E-state index in [0.717, 1.165) is 6.08 Å². The Balaban J connectivity index is 2.99. The van der Waals surface area contributed by atoms with Gasteiger partial charge in [0, 0.05) is 6.08 Å². The van der Waals surface area contributed by atoms with E-state index in [0.29, 0.717) is 0 Å². The Hall–Kier alpha value is -2.03. The van der Waals surface area contributed by atoms with Crippen molar-refractivity contribution in [3.63, 3.8) is 0 Å². The summed E-state index contributed by atoms with van der Waals surface area (Å²) in [6.07, 6.45) is 3.97. The van der Waals surface area contributed by atoms with Crippen LogP contribution in [0.25, 0.3) is 5.76 Å². The molecule has 0 spiro atoms. The van der Waals surface area contributed by atoms with Crippen LogP contribution in [-0.2, 0) is 4.79 Å². The van der Waals surface area contributed by atoms with Gasteiger partial charge in [0.25, 0.3) is 0 Å². The van der Waals surface area contributed by atoms with E-state index in [4.69, 9.17) is 0 Å². The van der Waals surface area contributed by atoms with Crippen LogP contribution in [0.3, 0.4) is 0 Å². The molecule has 2 N–H and O–H groups in total. The Kier molecular flexibility index (Phi) is 3.68. The second-order valence-electron chi connectivity index (χ2n) is 2.95. The molecule has 1 aromatic rings. The number of benzene rings is 1. The van der Waals surface area contributed by atoms with Crippen LogP contribution in [0.1, 0.15) is 12.5 Å². The quantitative estimate of drug-likeness (QED) is 0.587. The van der Waals surface area contributed by atoms with Gasteiger partial charge in [0.05, 0.1) is 5.56 Å². The van der Waals surface area contributed by atoms with E-state index < -0.39 is 0 Å². The van der Waals surface area contributed by atoms with Gasteiger partial charge in [-0.2, -0.15) is 0 Å². The van der Waals surface area contributed by atoms with Crippen molar-refractivity contribution in [2.75, 3.05) is 0 Å². The molecule has 0 bridgehead atoms. The molecule has 0 aromatic heterocycles. The van der Waals surface area contributed by atoms with Gasteiger partial charge in [-0.3, -0.25) is 4.79 Å². The molecule has 0 aliphatic rings. The van der Waals surface area contributed by atoms with Crippen molar-refractivity contribution in [2.45, 2.75) is 6.92 Å². The number of rotatable bonds is 3. The van der Waals surface area contributed by atoms with Crippen molar-refractivity contribution in [2.24, 2.45) is 0 Å². The number of carbonyl (C=O) groups excluding carboxylic acids is 1. The van der Waals surface area contributed by atoms with Gasteiger partial charge >= 0.3 is 0 Å². The van der Waals surface area contributed by atoms with Crippen LogP contribution in [0.4, 0.5) is 0 Å². The molecule has 0 atom stereocenters. The third kappa shape index (κ3) is 2.98. The van der Waals surface area contributed by atoms with E-state index in [9.17, 15) is 15.0 Å². The SMILES string of the molecule is C/C=C/C(=O)/C=C(\O)c1ccccc1O. The molecule has 3 nitrogen and oxygen atoms in total. The number of aromatic hydroxyl groups is 1. The van der Waals surface area contributed by atoms with Crippen molar-refractivity contribution < 1.29 is 15.0 Å². The van der Waals surface area contributed by atoms with E-state index in [2.05, 4.69) is 0 Å². The number of aliphatic hydroxyl groups excluding tert-OH is 1. The molecule has 0 unspecified atom stereocenters. The predicted molar refractivity (Wildman–Crippen MR) is 58.5 cm³/mol. The lowest BCUT2D eigenvalue weighted by molar-refractivity contribution is -0.110. The number of aliphatic hydroxyl groups is 1. The van der Waals surface area contributed by atoms with Gasteiger partial charge in [0.15, 0.2) is 5.78 Å². The molecule has 1 aromatic carbocycles. The van der Waals surface area contributed by atoms with E-state index in [1.807, 2.05) is 0 Å². The van der Waals surface area contributed by atoms with Crippen LogP contribution >= 0.6 is 0 Å². The summed E-state index contributed by atoms with van der Waals surface area (Å²) < 4.78 is 0. The molecular weight excluding hydrogens is 192 g/mol. The minimum Gasteiger partial charge on any atom is -0.507 e. The first-order valence-corrected chi connectivity index (χ1v) is 4.51. The summed E-state index contributed by atoms with van der Waals surface area (Å²) in [6, 6.07) is 6.28. The highest BCUT2D eigenvalue weighted by Gasteiger charge is 2.05. The second kappa shape index (κ2) is 5.00. The van der Waals surface area contributed by atoms with Crippen LogP contribution in [-0.4, -0.2) is 16.0 Å². The summed E-state index contributed by atoms with van der Waals surface area (Å²) in [5, 5.41) is 18.9. The summed E-state index contributed by atoms with van der Waals surface area (Å²) in [6.45, 7) is 1.71. The Morgan fingerprint density at radius 3 is 2.60 bits per heavy atom. The molecule has 0 radical (unpaired) electrons. The molecular formula is C12H12O3. The van der Waals surface area contributed by atoms with Gasteiger partial charge in [-0.15, -0.1) is 0 Å². The molecule has 0 saturated heterocycles. The molecule has 78 valence electrons. The van der Waals surface area contributed by atoms with E-state index in [1.165, 1.54) is 18.2 Å². The van der Waals surface area contributed by atoms with Crippen molar-refractivity contribution in [1.29, 1.82) is 0 Å². The van der Waals surface area contributed by atoms with Crippen molar-refractivity contribution in [1.82, 2.24) is 0 Å². The minimum atomic E-state index is -0.321. The summed E-state index contributed by atoms with van der Waals surface area (Å²) >= 11 is 0. The maximum atomic E-state index is 11.1. The molecule has 0 saturated carbocycles. The van der Waals surface area contributed by atoms with Crippen molar-refractivity contribution >= 4 is 11.5 Å². The molecule has 1 rings (SSSR count). The van der Waals surface area contributed by atoms with Gasteiger partial charge in [-0.05, 0) is 25.1 Å². The predicted octanol–water partition coefficient (Wildman–Crippen LogP) is 2.44. The Labute approximate surface area is 88.0 Å². The van der Waals surface area contributed by atoms with E-state index >= 15 is 0 Å². The zero-order chi connectivity index (χ0) is 11.3. The number of carbonyl (C=O) groups is 1. The molecule has 0 aliphatic heterocycles. The normalized spacial score (nSPS) is 11.9. The first-order valence-electron chi connectivity index (χ1n) is 4.51. The van der Waals surface area contributed by atoms with Crippen LogP contribution in [0, 0.1) is 0 Å². The molecule has 0 aliphatic carbocycles. The molecule has 15 heavy (non-hydrogen) atoms. The fraction of sp³-hybridized carbons (Fsp3) is 0.0833. The average molecular weight is 204 g/mol. The third-order valence-corrected chi connectivity index (χ3v) is 1.79. The smallest absolute Gasteiger partial charge is 0.182 e. The lowest BCUT2D eigenvalue weighted by atomic mass is 10.1. The maximum absolute atomic E-state index is 11.1. The number of para-hydroxylation sites is 1. The highest BCUT2D eigenvalue weighted by atomic mass is 16.3. The first kappa shape index (κ1) is 11.0. The maximum Gasteiger partial charge on any atom is 0.182 e. The Bertz CT molecular complexity index is 417. The molecule has 0 heterocycles. The Morgan fingerprint density at radius 1 is 1.33 bits per heavy atom. The topological polar surface area (TPSA) is 57.5 Å². The number of ketones is 1. The zero-order valence-corrected chi connectivity index (χ0v) is 8.34. The van der Waals surface area contributed by atoms with E-state index in [-0.39, 0.29) is 22.9 Å². The van der Waals surface area contributed by atoms with Crippen LogP contribution in [0.15, 0.2) is 42.5 Å². The summed E-state index contributed by atoms with van der Waals surface area (Å²) in [7, 11) is 0. The zero-order valence-electron chi connectivity index (χ0n) is 8.34. The fourth-order valence-electron chi connectivity index (χ4n) is 1.12. The second-order valence-corrected chi connectivity index (χ2v) is 2.95. The number of phenols is 1. The van der Waals surface area contributed by atoms with Crippen LogP contribution < -0.4 is 0 Å². The average Bonchev–Trinajstić information content (AvgIpc) is 2.18. The lowest BCUT2D eigenvalue weighted by Gasteiger charge is -2.01. The number of phenolic OH excluding ortho intramolecular Hbond substituents is 1. The lowest BCUT2D eigenvalue weighted by Crippen LogP contribution is -1.90. The summed E-state index contributed by atoms with van der Waals surface area (Å²) in [4.78, 5) is 11.1. The number of hydrogen-bond donors (Lipinski definition) is 2. The standard InChI is InChI=1S/C12H12O3/c1-2-5-9(13)8-12(15)10-6-3-4-7-11(10)14/h2-8,14-15H,1H3/b5-2+,12-8-. The third-order valence-electron chi connectivity index (χ3n) is 1.79. The number of hydrogen-bond acceptors (Lipinski definition) is 3. The molecule has 3 heteroatoms. The van der Waals surface area contributed by atoms with Gasteiger partial charge in [0.1, 0.15) is 11.5 Å². The molecule has 0 fully saturated rings. The fourth-order valence-corrected chi connectivity index (χ4v) is 1.12. The molecule has 0 amide bonds. The summed E-state index contributed by atoms with van der Waals surface area (Å²) in [5.41, 5.74) is 0.246. The van der Waals surface area contributed by atoms with Crippen LogP contribution in [0.2, 0.25) is 0 Å². The highest BCUT2D eigenvalue weighted by Crippen LogP contribution is 2.22. The van der Waals surface area contributed by atoms with Crippen molar-refractivity contribution in [3.05, 3.63) is 48.1 Å². The highest BCUT2D eigenvalue weighted by molar-refractivity contribution is 6.03. The van der Waals surface area contributed by atoms with Crippen molar-refractivity contribution in [3.8, 4) is 5.75 Å². The largest absolute Gasteiger partial charge is 0.507 e. The first-order chi connectivity index (χ1) is 7.15. The Morgan fingerprint density at radius 2 is 2.00 bits per heavy atom.